The molecule has 1 aromatic rings. The van der Waals surface area contributed by atoms with Crippen LogP contribution in [0.3, 0.4) is 0 Å². The number of anilines is 1. The lowest BCUT2D eigenvalue weighted by Crippen LogP contribution is -2.34. The van der Waals surface area contributed by atoms with Gasteiger partial charge in [-0.2, -0.15) is 0 Å². The molecule has 1 aliphatic heterocycles. The van der Waals surface area contributed by atoms with Crippen LogP contribution in [0.1, 0.15) is 0 Å². The van der Waals surface area contributed by atoms with Crippen molar-refractivity contribution in [1.29, 1.82) is 0 Å². The molecule has 6 heteroatoms. The molecule has 1 unspecified atom stereocenters. The third-order valence-electron chi connectivity index (χ3n) is 1.73. The Bertz CT molecular complexity index is 236. The van der Waals surface area contributed by atoms with Gasteiger partial charge in [0.05, 0.1) is 25.9 Å². The second-order valence-corrected chi connectivity index (χ2v) is 3.53. The Morgan fingerprint density at radius 3 is 3.31 bits per heavy atom. The van der Waals surface area contributed by atoms with Gasteiger partial charge in [0.2, 0.25) is 5.13 Å². The SMILES string of the molecule is c1nnc(NCC2COCCO2)s1. The lowest BCUT2D eigenvalue weighted by Gasteiger charge is -2.22. The predicted octanol–water partition coefficient (Wildman–Crippen LogP) is 0.365. The summed E-state index contributed by atoms with van der Waals surface area (Å²) in [5.41, 5.74) is 1.70. The van der Waals surface area contributed by atoms with Gasteiger partial charge in [0, 0.05) is 6.54 Å². The van der Waals surface area contributed by atoms with Crippen LogP contribution in [-0.4, -0.2) is 42.7 Å². The minimum Gasteiger partial charge on any atom is -0.376 e. The Morgan fingerprint density at radius 2 is 2.62 bits per heavy atom. The number of rotatable bonds is 3. The van der Waals surface area contributed by atoms with E-state index in [0.29, 0.717) is 19.8 Å². The van der Waals surface area contributed by atoms with Crippen LogP contribution >= 0.6 is 11.3 Å². The van der Waals surface area contributed by atoms with Crippen LogP contribution in [0.4, 0.5) is 5.13 Å². The molecule has 0 amide bonds. The second kappa shape index (κ2) is 4.50. The van der Waals surface area contributed by atoms with Crippen molar-refractivity contribution in [3.05, 3.63) is 5.51 Å². The highest BCUT2D eigenvalue weighted by atomic mass is 32.1. The molecule has 0 aliphatic carbocycles. The van der Waals surface area contributed by atoms with E-state index in [9.17, 15) is 0 Å². The molecule has 1 aliphatic rings. The van der Waals surface area contributed by atoms with Crippen molar-refractivity contribution in [2.24, 2.45) is 0 Å². The Hall–Kier alpha value is -0.720. The van der Waals surface area contributed by atoms with E-state index < -0.39 is 0 Å². The van der Waals surface area contributed by atoms with Crippen molar-refractivity contribution < 1.29 is 9.47 Å². The molecule has 0 radical (unpaired) electrons. The van der Waals surface area contributed by atoms with Crippen molar-refractivity contribution in [2.45, 2.75) is 6.10 Å². The lowest BCUT2D eigenvalue weighted by molar-refractivity contribution is -0.0818. The average Bonchev–Trinajstić information content (AvgIpc) is 2.69. The molecule has 1 atom stereocenters. The smallest absolute Gasteiger partial charge is 0.205 e. The van der Waals surface area contributed by atoms with E-state index in [2.05, 4.69) is 15.5 Å². The fourth-order valence-electron chi connectivity index (χ4n) is 1.11. The molecule has 2 heterocycles. The van der Waals surface area contributed by atoms with E-state index in [1.165, 1.54) is 11.3 Å². The summed E-state index contributed by atoms with van der Waals surface area (Å²) in [5, 5.41) is 11.5. The van der Waals surface area contributed by atoms with Crippen LogP contribution in [-0.2, 0) is 9.47 Å². The molecule has 0 spiro atoms. The first-order valence-corrected chi connectivity index (χ1v) is 5.02. The zero-order valence-corrected chi connectivity index (χ0v) is 7.92. The van der Waals surface area contributed by atoms with E-state index in [1.807, 2.05) is 0 Å². The number of nitrogens with one attached hydrogen (secondary N) is 1. The first-order valence-electron chi connectivity index (χ1n) is 4.14. The summed E-state index contributed by atoms with van der Waals surface area (Å²) in [7, 11) is 0. The van der Waals surface area contributed by atoms with Crippen molar-refractivity contribution >= 4 is 16.5 Å². The van der Waals surface area contributed by atoms with Crippen molar-refractivity contribution in [3.63, 3.8) is 0 Å². The van der Waals surface area contributed by atoms with E-state index in [-0.39, 0.29) is 6.10 Å². The van der Waals surface area contributed by atoms with Crippen LogP contribution in [0, 0.1) is 0 Å². The number of aromatic nitrogens is 2. The van der Waals surface area contributed by atoms with E-state index in [0.717, 1.165) is 11.7 Å². The average molecular weight is 201 g/mol. The molecule has 1 saturated heterocycles. The molecule has 1 aromatic heterocycles. The zero-order chi connectivity index (χ0) is 8.93. The number of hydrogen-bond acceptors (Lipinski definition) is 6. The fourth-order valence-corrected chi connectivity index (χ4v) is 1.56. The maximum atomic E-state index is 5.45. The minimum atomic E-state index is 0.137. The van der Waals surface area contributed by atoms with Crippen LogP contribution in [0.5, 0.6) is 0 Å². The minimum absolute atomic E-state index is 0.137. The summed E-state index contributed by atoms with van der Waals surface area (Å²) < 4.78 is 10.7. The summed E-state index contributed by atoms with van der Waals surface area (Å²) in [6, 6.07) is 0. The van der Waals surface area contributed by atoms with Gasteiger partial charge < -0.3 is 14.8 Å². The van der Waals surface area contributed by atoms with Crippen LogP contribution in [0.25, 0.3) is 0 Å². The standard InChI is InChI=1S/C7H11N3O2S/c1-2-12-6(4-11-1)3-8-7-10-9-5-13-7/h5-6H,1-4H2,(H,8,10). The van der Waals surface area contributed by atoms with Gasteiger partial charge in [0.25, 0.3) is 0 Å². The number of hydrogen-bond donors (Lipinski definition) is 1. The summed E-state index contributed by atoms with van der Waals surface area (Å²) >= 11 is 1.48. The van der Waals surface area contributed by atoms with Crippen LogP contribution in [0.2, 0.25) is 0 Å². The monoisotopic (exact) mass is 201 g/mol. The highest BCUT2D eigenvalue weighted by molar-refractivity contribution is 7.13. The third kappa shape index (κ3) is 2.61. The molecule has 13 heavy (non-hydrogen) atoms. The van der Waals surface area contributed by atoms with Gasteiger partial charge in [-0.15, -0.1) is 10.2 Å². The van der Waals surface area contributed by atoms with Crippen LogP contribution in [0.15, 0.2) is 5.51 Å². The van der Waals surface area contributed by atoms with Gasteiger partial charge in [0.15, 0.2) is 0 Å². The Kier molecular flexibility index (Phi) is 3.07. The highest BCUT2D eigenvalue weighted by Gasteiger charge is 2.13. The van der Waals surface area contributed by atoms with Gasteiger partial charge in [-0.05, 0) is 0 Å². The normalized spacial score (nSPS) is 22.9. The summed E-state index contributed by atoms with van der Waals surface area (Å²) in [5.74, 6) is 0. The largest absolute Gasteiger partial charge is 0.376 e. The van der Waals surface area contributed by atoms with Crippen molar-refractivity contribution in [1.82, 2.24) is 10.2 Å². The molecule has 0 aromatic carbocycles. The van der Waals surface area contributed by atoms with Gasteiger partial charge in [-0.25, -0.2) is 0 Å². The summed E-state index contributed by atoms with van der Waals surface area (Å²) in [6.07, 6.45) is 0.137. The van der Waals surface area contributed by atoms with Gasteiger partial charge >= 0.3 is 0 Å². The maximum Gasteiger partial charge on any atom is 0.205 e. The van der Waals surface area contributed by atoms with E-state index in [1.54, 1.807) is 5.51 Å². The molecule has 5 nitrogen and oxygen atoms in total. The third-order valence-corrected chi connectivity index (χ3v) is 2.37. The Balaban J connectivity index is 1.72. The topological polar surface area (TPSA) is 56.3 Å². The molecular formula is C7H11N3O2S. The van der Waals surface area contributed by atoms with Crippen LogP contribution < -0.4 is 5.32 Å². The fraction of sp³-hybridized carbons (Fsp3) is 0.714. The van der Waals surface area contributed by atoms with Gasteiger partial charge in [-0.3, -0.25) is 0 Å². The molecule has 0 saturated carbocycles. The quantitative estimate of drug-likeness (QED) is 0.765. The molecule has 0 bridgehead atoms. The van der Waals surface area contributed by atoms with Gasteiger partial charge in [-0.1, -0.05) is 11.3 Å². The molecule has 1 N–H and O–H groups in total. The zero-order valence-electron chi connectivity index (χ0n) is 7.10. The lowest BCUT2D eigenvalue weighted by atomic mass is 10.3. The summed E-state index contributed by atoms with van der Waals surface area (Å²) in [4.78, 5) is 0. The molecule has 72 valence electrons. The first kappa shape index (κ1) is 8.86. The van der Waals surface area contributed by atoms with Gasteiger partial charge in [0.1, 0.15) is 5.51 Å². The summed E-state index contributed by atoms with van der Waals surface area (Å²) in [6.45, 7) is 2.78. The Morgan fingerprint density at radius 1 is 1.62 bits per heavy atom. The van der Waals surface area contributed by atoms with Crippen molar-refractivity contribution in [2.75, 3.05) is 31.7 Å². The number of ether oxygens (including phenoxy) is 2. The molecular weight excluding hydrogens is 190 g/mol. The second-order valence-electron chi connectivity index (χ2n) is 2.69. The van der Waals surface area contributed by atoms with Crippen molar-refractivity contribution in [3.8, 4) is 0 Å². The maximum absolute atomic E-state index is 5.45. The Labute approximate surface area is 80.1 Å². The molecule has 2 rings (SSSR count). The number of nitrogens with zero attached hydrogens (tertiary/aromatic N) is 2. The van der Waals surface area contributed by atoms with E-state index in [4.69, 9.17) is 9.47 Å². The predicted molar refractivity (Wildman–Crippen MR) is 49.0 cm³/mol. The highest BCUT2D eigenvalue weighted by Crippen LogP contribution is 2.09. The molecule has 1 fully saturated rings. The van der Waals surface area contributed by atoms with E-state index >= 15 is 0 Å². The first-order chi connectivity index (χ1) is 6.45.